The number of rotatable bonds is 4. The van der Waals surface area contributed by atoms with Crippen LogP contribution in [0.5, 0.6) is 0 Å². The second-order valence-corrected chi connectivity index (χ2v) is 6.73. The molecule has 23 heavy (non-hydrogen) atoms. The first-order valence-electron chi connectivity index (χ1n) is 7.03. The molecule has 0 aliphatic heterocycles. The number of nitrogens with one attached hydrogen (secondary N) is 1. The molecule has 1 amide bonds. The highest BCUT2D eigenvalue weighted by Gasteiger charge is 2.36. The summed E-state index contributed by atoms with van der Waals surface area (Å²) < 4.78 is 28.2. The van der Waals surface area contributed by atoms with E-state index in [4.69, 9.17) is 11.6 Å². The second-order valence-electron chi connectivity index (χ2n) is 5.41. The molecule has 1 saturated carbocycles. The minimum atomic E-state index is -0.896. The quantitative estimate of drug-likeness (QED) is 0.810. The topological polar surface area (TPSA) is 42.0 Å². The Labute approximate surface area is 145 Å². The lowest BCUT2D eigenvalue weighted by Gasteiger charge is -2.19. The zero-order valence-electron chi connectivity index (χ0n) is 11.8. The van der Waals surface area contributed by atoms with Gasteiger partial charge in [-0.25, -0.2) is 8.78 Å². The molecule has 1 aromatic heterocycles. The molecule has 0 saturated heterocycles. The van der Waals surface area contributed by atoms with E-state index in [1.807, 2.05) is 0 Å². The molecule has 0 radical (unpaired) electrons. The number of amides is 1. The van der Waals surface area contributed by atoms with Gasteiger partial charge in [-0.3, -0.25) is 9.78 Å². The summed E-state index contributed by atoms with van der Waals surface area (Å²) in [5, 5.41) is 3.07. The number of benzene rings is 1. The van der Waals surface area contributed by atoms with Crippen LogP contribution in [0.3, 0.4) is 0 Å². The summed E-state index contributed by atoms with van der Waals surface area (Å²) >= 11 is 9.47. The Bertz CT molecular complexity index is 747. The Balaban J connectivity index is 1.90. The molecule has 7 heteroatoms. The minimum Gasteiger partial charge on any atom is -0.343 e. The molecule has 1 fully saturated rings. The minimum absolute atomic E-state index is 0.167. The molecule has 3 nitrogen and oxygen atoms in total. The predicted octanol–water partition coefficient (Wildman–Crippen LogP) is 4.66. The van der Waals surface area contributed by atoms with Gasteiger partial charge in [0.05, 0.1) is 16.8 Å². The molecule has 1 heterocycles. The SMILES string of the molecule is O=C(NC(c1ncc(Br)cc1Cl)C1CC1)c1c(F)cccc1F. The zero-order valence-corrected chi connectivity index (χ0v) is 14.2. The van der Waals surface area contributed by atoms with Crippen molar-refractivity contribution in [1.82, 2.24) is 10.3 Å². The zero-order chi connectivity index (χ0) is 16.6. The molecule has 0 spiro atoms. The van der Waals surface area contributed by atoms with Crippen molar-refractivity contribution >= 4 is 33.4 Å². The Hall–Kier alpha value is -1.53. The van der Waals surface area contributed by atoms with Gasteiger partial charge in [0.25, 0.3) is 5.91 Å². The van der Waals surface area contributed by atoms with Crippen molar-refractivity contribution in [2.75, 3.05) is 0 Å². The predicted molar refractivity (Wildman–Crippen MR) is 86.2 cm³/mol. The number of hydrogen-bond acceptors (Lipinski definition) is 2. The van der Waals surface area contributed by atoms with E-state index in [1.165, 1.54) is 6.07 Å². The van der Waals surface area contributed by atoms with Crippen LogP contribution < -0.4 is 5.32 Å². The van der Waals surface area contributed by atoms with Gasteiger partial charge < -0.3 is 5.32 Å². The van der Waals surface area contributed by atoms with Gasteiger partial charge >= 0.3 is 0 Å². The molecule has 120 valence electrons. The third-order valence-corrected chi connectivity index (χ3v) is 4.44. The fraction of sp³-hybridized carbons (Fsp3) is 0.250. The average molecular weight is 402 g/mol. The van der Waals surface area contributed by atoms with Crippen LogP contribution in [0.25, 0.3) is 0 Å². The number of carbonyl (C=O) groups is 1. The number of pyridine rings is 1. The summed E-state index contributed by atoms with van der Waals surface area (Å²) in [4.78, 5) is 16.6. The van der Waals surface area contributed by atoms with Crippen LogP contribution in [0.15, 0.2) is 34.9 Å². The van der Waals surface area contributed by atoms with E-state index in [2.05, 4.69) is 26.2 Å². The van der Waals surface area contributed by atoms with E-state index >= 15 is 0 Å². The highest BCUT2D eigenvalue weighted by molar-refractivity contribution is 9.10. The monoisotopic (exact) mass is 400 g/mol. The summed E-state index contributed by atoms with van der Waals surface area (Å²) in [5.41, 5.74) is -0.0890. The van der Waals surface area contributed by atoms with Crippen molar-refractivity contribution in [2.24, 2.45) is 5.92 Å². The van der Waals surface area contributed by atoms with Crippen molar-refractivity contribution < 1.29 is 13.6 Å². The van der Waals surface area contributed by atoms with Crippen LogP contribution in [0.4, 0.5) is 8.78 Å². The van der Waals surface area contributed by atoms with Crippen molar-refractivity contribution in [3.05, 3.63) is 62.8 Å². The van der Waals surface area contributed by atoms with Gasteiger partial charge in [0.1, 0.15) is 17.2 Å². The van der Waals surface area contributed by atoms with E-state index < -0.39 is 29.1 Å². The second kappa shape index (κ2) is 6.53. The number of carbonyl (C=O) groups excluding carboxylic acids is 1. The Morgan fingerprint density at radius 2 is 2.00 bits per heavy atom. The molecular weight excluding hydrogens is 390 g/mol. The summed E-state index contributed by atoms with van der Waals surface area (Å²) in [6, 6.07) is 4.52. The normalized spacial score (nSPS) is 15.3. The van der Waals surface area contributed by atoms with Crippen molar-refractivity contribution in [1.29, 1.82) is 0 Å². The molecule has 1 N–H and O–H groups in total. The van der Waals surface area contributed by atoms with E-state index in [0.717, 1.165) is 25.0 Å². The third kappa shape index (κ3) is 3.53. The maximum absolute atomic E-state index is 13.8. The maximum atomic E-state index is 13.8. The van der Waals surface area contributed by atoms with Gasteiger partial charge in [-0.05, 0) is 52.9 Å². The van der Waals surface area contributed by atoms with E-state index in [-0.39, 0.29) is 5.92 Å². The highest BCUT2D eigenvalue weighted by Crippen LogP contribution is 2.42. The van der Waals surface area contributed by atoms with Gasteiger partial charge in [0.15, 0.2) is 0 Å². The number of aromatic nitrogens is 1. The first-order valence-corrected chi connectivity index (χ1v) is 8.20. The molecule has 2 aromatic rings. The molecule has 1 unspecified atom stereocenters. The Kier molecular flexibility index (Phi) is 4.64. The maximum Gasteiger partial charge on any atom is 0.257 e. The van der Waals surface area contributed by atoms with Gasteiger partial charge in [0, 0.05) is 10.7 Å². The lowest BCUT2D eigenvalue weighted by molar-refractivity contribution is 0.0922. The van der Waals surface area contributed by atoms with Gasteiger partial charge in [-0.2, -0.15) is 0 Å². The standard InChI is InChI=1S/C16H12BrClF2N2O/c17-9-6-10(18)15(21-7-9)14(8-4-5-8)22-16(23)13-11(19)2-1-3-12(13)20/h1-3,6-8,14H,4-5H2,(H,22,23). The molecular formula is C16H12BrClF2N2O. The first-order chi connectivity index (χ1) is 11.0. The number of hydrogen-bond donors (Lipinski definition) is 1. The van der Waals surface area contributed by atoms with E-state index in [9.17, 15) is 13.6 Å². The summed E-state index contributed by atoms with van der Waals surface area (Å²) in [6.07, 6.45) is 3.38. The van der Waals surface area contributed by atoms with Gasteiger partial charge in [0.2, 0.25) is 0 Å². The summed E-state index contributed by atoms with van der Waals surface area (Å²) in [5.74, 6) is -2.43. The fourth-order valence-electron chi connectivity index (χ4n) is 2.42. The molecule has 3 rings (SSSR count). The lowest BCUT2D eigenvalue weighted by Crippen LogP contribution is -2.32. The molecule has 1 atom stereocenters. The van der Waals surface area contributed by atoms with Crippen molar-refractivity contribution in [2.45, 2.75) is 18.9 Å². The van der Waals surface area contributed by atoms with Crippen molar-refractivity contribution in [3.8, 4) is 0 Å². The largest absolute Gasteiger partial charge is 0.343 e. The highest BCUT2D eigenvalue weighted by atomic mass is 79.9. The number of halogens is 4. The molecule has 1 aliphatic rings. The third-order valence-electron chi connectivity index (χ3n) is 3.70. The van der Waals surface area contributed by atoms with Crippen molar-refractivity contribution in [3.63, 3.8) is 0 Å². The summed E-state index contributed by atoms with van der Waals surface area (Å²) in [6.45, 7) is 0. The van der Waals surface area contributed by atoms with Crippen LogP contribution in [-0.4, -0.2) is 10.9 Å². The number of nitrogens with zero attached hydrogens (tertiary/aromatic N) is 1. The van der Waals surface area contributed by atoms with Crippen LogP contribution >= 0.6 is 27.5 Å². The summed E-state index contributed by atoms with van der Waals surface area (Å²) in [7, 11) is 0. The van der Waals surface area contributed by atoms with Crippen LogP contribution in [0.2, 0.25) is 5.02 Å². The molecule has 0 bridgehead atoms. The first kappa shape index (κ1) is 16.3. The van der Waals surface area contributed by atoms with E-state index in [0.29, 0.717) is 15.2 Å². The lowest BCUT2D eigenvalue weighted by atomic mass is 10.1. The smallest absolute Gasteiger partial charge is 0.257 e. The molecule has 1 aromatic carbocycles. The van der Waals surface area contributed by atoms with Crippen LogP contribution in [0.1, 0.15) is 34.9 Å². The van der Waals surface area contributed by atoms with Crippen LogP contribution in [-0.2, 0) is 0 Å². The van der Waals surface area contributed by atoms with Gasteiger partial charge in [-0.15, -0.1) is 0 Å². The van der Waals surface area contributed by atoms with Gasteiger partial charge in [-0.1, -0.05) is 17.7 Å². The fourth-order valence-corrected chi connectivity index (χ4v) is 3.17. The Morgan fingerprint density at radius 1 is 1.35 bits per heavy atom. The Morgan fingerprint density at radius 3 is 2.57 bits per heavy atom. The molecule has 1 aliphatic carbocycles. The van der Waals surface area contributed by atoms with E-state index in [1.54, 1.807) is 12.3 Å². The van der Waals surface area contributed by atoms with Crippen LogP contribution in [0, 0.1) is 17.6 Å². The average Bonchev–Trinajstić information content (AvgIpc) is 3.30.